The minimum atomic E-state index is -3.96. The highest BCUT2D eigenvalue weighted by Crippen LogP contribution is 2.47. The van der Waals surface area contributed by atoms with Gasteiger partial charge >= 0.3 is 0 Å². The van der Waals surface area contributed by atoms with Crippen molar-refractivity contribution in [2.75, 3.05) is 37.8 Å². The number of rotatable bonds is 13. The summed E-state index contributed by atoms with van der Waals surface area (Å²) in [5.41, 5.74) is 1.99. The molecule has 1 spiro atoms. The zero-order valence-corrected chi connectivity index (χ0v) is 35.6. The highest BCUT2D eigenvalue weighted by atomic mass is 35.5. The van der Waals surface area contributed by atoms with E-state index in [-0.39, 0.29) is 46.7 Å². The first kappa shape index (κ1) is 42.1. The van der Waals surface area contributed by atoms with Crippen LogP contribution in [-0.4, -0.2) is 76.7 Å². The van der Waals surface area contributed by atoms with Crippen molar-refractivity contribution in [2.24, 2.45) is 23.2 Å². The van der Waals surface area contributed by atoms with Crippen molar-refractivity contribution in [3.8, 4) is 5.75 Å². The molecule has 1 saturated carbocycles. The Morgan fingerprint density at radius 1 is 1.17 bits per heavy atom. The van der Waals surface area contributed by atoms with Gasteiger partial charge in [-0.1, -0.05) is 29.8 Å². The summed E-state index contributed by atoms with van der Waals surface area (Å²) in [5, 5.41) is 5.00. The largest absolute Gasteiger partial charge is 0.490 e. The number of ether oxygens (including phenoxy) is 4. The number of anilines is 1. The molecule has 6 atom stereocenters. The van der Waals surface area contributed by atoms with Crippen LogP contribution in [0.5, 0.6) is 5.75 Å². The summed E-state index contributed by atoms with van der Waals surface area (Å²) in [6.45, 7) is 15.1. The zero-order chi connectivity index (χ0) is 41.2. The number of fused-ring (bicyclic) bond motifs is 3. The summed E-state index contributed by atoms with van der Waals surface area (Å²) in [6, 6.07) is 11.3. The molecule has 1 aromatic heterocycles. The Hall–Kier alpha value is -4.01. The molecule has 12 nitrogen and oxygen atoms in total. The third-order valence-electron chi connectivity index (χ3n) is 12.1. The number of aryl methyl sites for hydroxylation is 3. The number of nitrogens with zero attached hydrogens (tertiary/aromatic N) is 4. The number of hydrogen-bond acceptors (Lipinski definition) is 9. The molecule has 0 bridgehead atoms. The smallest absolute Gasteiger partial charge is 0.287 e. The first-order valence-electron chi connectivity index (χ1n) is 20.3. The predicted octanol–water partition coefficient (Wildman–Crippen LogP) is 7.66. The predicted molar refractivity (Wildman–Crippen MR) is 225 cm³/mol. The fraction of sp³-hybridized carbons (Fsp3) is 0.523. The maximum atomic E-state index is 15.3. The van der Waals surface area contributed by atoms with Crippen molar-refractivity contribution >= 4 is 39.0 Å². The second kappa shape index (κ2) is 17.3. The zero-order valence-electron chi connectivity index (χ0n) is 34.0. The van der Waals surface area contributed by atoms with Gasteiger partial charge in [0.25, 0.3) is 11.8 Å². The number of halogens is 1. The molecule has 3 heterocycles. The van der Waals surface area contributed by atoms with Crippen molar-refractivity contribution in [2.45, 2.75) is 100 Å². The molecular weight excluding hydrogens is 778 g/mol. The summed E-state index contributed by atoms with van der Waals surface area (Å²) in [7, 11) is -2.27. The fourth-order valence-corrected chi connectivity index (χ4v) is 10.6. The third kappa shape index (κ3) is 8.79. The molecule has 312 valence electrons. The van der Waals surface area contributed by atoms with Crippen molar-refractivity contribution in [1.82, 2.24) is 14.5 Å². The quantitative estimate of drug-likeness (QED) is 0.172. The summed E-state index contributed by atoms with van der Waals surface area (Å²) < 4.78 is 48.7. The Bertz CT molecular complexity index is 2170. The van der Waals surface area contributed by atoms with Crippen LogP contribution in [0.1, 0.15) is 86.0 Å². The molecule has 3 aromatic rings. The lowest BCUT2D eigenvalue weighted by atomic mass is 9.68. The van der Waals surface area contributed by atoms with E-state index < -0.39 is 27.3 Å². The van der Waals surface area contributed by atoms with E-state index in [1.54, 1.807) is 52.2 Å². The van der Waals surface area contributed by atoms with Crippen molar-refractivity contribution in [3.63, 3.8) is 0 Å². The Kier molecular flexibility index (Phi) is 12.6. The molecule has 4 aliphatic rings. The number of benzene rings is 2. The van der Waals surface area contributed by atoms with Gasteiger partial charge in [-0.2, -0.15) is 5.10 Å². The Labute approximate surface area is 347 Å². The second-order valence-corrected chi connectivity index (χ2v) is 19.0. The van der Waals surface area contributed by atoms with Crippen LogP contribution < -0.4 is 14.4 Å². The molecule has 7 rings (SSSR count). The first-order chi connectivity index (χ1) is 27.7. The average Bonchev–Trinajstić information content (AvgIpc) is 3.46. The summed E-state index contributed by atoms with van der Waals surface area (Å²) in [5.74, 6) is -0.383. The monoisotopic (exact) mass is 833 g/mol. The van der Waals surface area contributed by atoms with Crippen LogP contribution in [0.3, 0.4) is 0 Å². The molecule has 2 aliphatic heterocycles. The first-order valence-corrected chi connectivity index (χ1v) is 22.2. The number of aromatic nitrogens is 2. The minimum Gasteiger partial charge on any atom is -0.490 e. The minimum absolute atomic E-state index is 0.0759. The Balaban J connectivity index is 1.30. The van der Waals surface area contributed by atoms with Crippen molar-refractivity contribution in [3.05, 3.63) is 95.3 Å². The molecule has 0 radical (unpaired) electrons. The number of carbonyl (C=O) groups is 2. The normalized spacial score (nSPS) is 24.5. The number of hydrogen-bond donors (Lipinski definition) is 1. The molecular formula is C44H56ClN5O7S. The highest BCUT2D eigenvalue weighted by Gasteiger charge is 2.45. The van der Waals surface area contributed by atoms with Gasteiger partial charge in [0, 0.05) is 43.4 Å². The molecule has 1 N–H and O–H groups in total. The highest BCUT2D eigenvalue weighted by molar-refractivity contribution is 7.92. The van der Waals surface area contributed by atoms with Crippen molar-refractivity contribution < 1.29 is 32.7 Å². The Morgan fingerprint density at radius 2 is 2.00 bits per heavy atom. The van der Waals surface area contributed by atoms with Crippen molar-refractivity contribution in [1.29, 1.82) is 0 Å². The maximum absolute atomic E-state index is 15.3. The lowest BCUT2D eigenvalue weighted by molar-refractivity contribution is -0.197. The van der Waals surface area contributed by atoms with Gasteiger partial charge < -0.3 is 23.8 Å². The van der Waals surface area contributed by atoms with E-state index in [2.05, 4.69) is 44.4 Å². The Morgan fingerprint density at radius 3 is 2.69 bits per heavy atom. The van der Waals surface area contributed by atoms with Gasteiger partial charge in [-0.15, -0.1) is 17.5 Å². The lowest BCUT2D eigenvalue weighted by Crippen LogP contribution is -2.50. The van der Waals surface area contributed by atoms with Gasteiger partial charge in [-0.25, -0.2) is 4.21 Å². The van der Waals surface area contributed by atoms with Crippen LogP contribution in [0.15, 0.2) is 77.2 Å². The summed E-state index contributed by atoms with van der Waals surface area (Å²) in [6.07, 6.45) is 12.4. The van der Waals surface area contributed by atoms with E-state index >= 15 is 4.21 Å². The van der Waals surface area contributed by atoms with Gasteiger partial charge in [0.05, 0.1) is 41.2 Å². The van der Waals surface area contributed by atoms with Crippen LogP contribution in [-0.2, 0) is 47.8 Å². The van der Waals surface area contributed by atoms with Gasteiger partial charge in [-0.05, 0) is 125 Å². The van der Waals surface area contributed by atoms with Crippen LogP contribution in [0.2, 0.25) is 5.02 Å². The number of nitrogens with one attached hydrogen (secondary N) is 1. The van der Waals surface area contributed by atoms with Crippen LogP contribution in [0.4, 0.5) is 5.69 Å². The second-order valence-electron chi connectivity index (χ2n) is 16.6. The SMILES string of the molecule is C=CCOC(C)(C)C(=O)N=S(=O)(NC(=O)c1cn(C)nc1C)c1ccc2c(c1)N(C[C@@H]1CC[C@H]1[C@H](C=C)OC1CCCCO1)C[C@@]1(CCCc3cc(Cl)ccc31)CO2. The third-order valence-corrected chi connectivity index (χ3v) is 14.2. The van der Waals surface area contributed by atoms with E-state index in [0.29, 0.717) is 48.5 Å². The number of carbonyl (C=O) groups excluding carboxylic acids is 2. The van der Waals surface area contributed by atoms with Gasteiger partial charge in [-0.3, -0.25) is 19.0 Å². The topological polar surface area (TPSA) is 134 Å². The molecule has 14 heteroatoms. The van der Waals surface area contributed by atoms with E-state index in [1.165, 1.54) is 21.9 Å². The molecule has 1 saturated heterocycles. The standard InChI is InChI=1S/C44H56ClN5O7S/c1-7-21-56-43(4,5)42(52)48-58(53,47-41(51)35-26-49(6)46-29(35)3)33-16-19-39-37(24-33)50(25-31-14-17-34(31)38(8-2)57-40-13-9-10-22-54-40)27-44(28-55-39)20-11-12-30-23-32(45)15-18-36(30)44/h7-8,15-16,18-19,23-24,26,31,34,38,40H,1-2,9-14,17,20-22,25,27-28H2,3-6H3,(H,47,48,51,52,53)/t31-,34+,38-,40?,44-,58?/m0/s1. The molecule has 2 amide bonds. The van der Waals surface area contributed by atoms with Gasteiger partial charge in [0.15, 0.2) is 16.2 Å². The van der Waals surface area contributed by atoms with Gasteiger partial charge in [0.1, 0.15) is 11.4 Å². The summed E-state index contributed by atoms with van der Waals surface area (Å²) >= 11 is 6.52. The lowest BCUT2D eigenvalue weighted by Gasteiger charge is -2.46. The van der Waals surface area contributed by atoms with Crippen LogP contribution in [0.25, 0.3) is 0 Å². The molecule has 2 fully saturated rings. The van der Waals surface area contributed by atoms with Crippen LogP contribution >= 0.6 is 11.6 Å². The van der Waals surface area contributed by atoms with Crippen LogP contribution in [0, 0.1) is 18.8 Å². The molecule has 2 unspecified atom stereocenters. The van der Waals surface area contributed by atoms with Gasteiger partial charge in [0.2, 0.25) is 0 Å². The molecule has 2 aliphatic carbocycles. The maximum Gasteiger partial charge on any atom is 0.287 e. The fourth-order valence-electron chi connectivity index (χ4n) is 8.82. The van der Waals surface area contributed by atoms with E-state index in [0.717, 1.165) is 51.4 Å². The molecule has 2 aromatic carbocycles. The van der Waals surface area contributed by atoms with E-state index in [4.69, 9.17) is 30.5 Å². The summed E-state index contributed by atoms with van der Waals surface area (Å²) in [4.78, 5) is 30.2. The van der Waals surface area contributed by atoms with E-state index in [9.17, 15) is 9.59 Å². The number of amides is 2. The average molecular weight is 834 g/mol. The molecule has 58 heavy (non-hydrogen) atoms. The van der Waals surface area contributed by atoms with E-state index in [1.807, 2.05) is 12.1 Å².